The second-order valence-electron chi connectivity index (χ2n) is 8.23. The molecule has 0 amide bonds. The molecule has 1 atom stereocenters. The Morgan fingerprint density at radius 3 is 2.56 bits per heavy atom. The lowest BCUT2D eigenvalue weighted by Crippen LogP contribution is -2.25. The van der Waals surface area contributed by atoms with Gasteiger partial charge < -0.3 is 3.07 Å². The number of nitrogens with one attached hydrogen (secondary N) is 1. The second kappa shape index (κ2) is 17.3. The summed E-state index contributed by atoms with van der Waals surface area (Å²) >= 11 is 3.80. The molecule has 0 saturated heterocycles. The number of allylic oxidation sites excluding steroid dienone is 2. The Bertz CT molecular complexity index is 751. The number of hydrogen-bond donors (Lipinski definition) is 1. The molecule has 0 bridgehead atoms. The van der Waals surface area contributed by atoms with Crippen LogP contribution in [0.4, 0.5) is 0 Å². The Labute approximate surface area is 213 Å². The van der Waals surface area contributed by atoms with Gasteiger partial charge in [-0.15, -0.1) is 6.58 Å². The van der Waals surface area contributed by atoms with Crippen molar-refractivity contribution >= 4 is 41.0 Å². The third-order valence-corrected chi connectivity index (χ3v) is 7.07. The van der Waals surface area contributed by atoms with E-state index in [4.69, 9.17) is 13.6 Å². The first-order valence-electron chi connectivity index (χ1n) is 11.4. The summed E-state index contributed by atoms with van der Waals surface area (Å²) < 4.78 is 5.43. The van der Waals surface area contributed by atoms with Gasteiger partial charge in [-0.3, -0.25) is 10.0 Å². The van der Waals surface area contributed by atoms with Crippen LogP contribution >= 0.6 is 34.8 Å². The lowest BCUT2D eigenvalue weighted by atomic mass is 10.1. The van der Waals surface area contributed by atoms with E-state index in [0.29, 0.717) is 12.6 Å². The van der Waals surface area contributed by atoms with Gasteiger partial charge in [0.15, 0.2) is 0 Å². The molecule has 1 N–H and O–H groups in total. The van der Waals surface area contributed by atoms with Gasteiger partial charge in [0, 0.05) is 36.2 Å². The fourth-order valence-electron chi connectivity index (χ4n) is 3.24. The number of halogens is 1. The molecule has 1 rings (SSSR count). The van der Waals surface area contributed by atoms with Gasteiger partial charge in [-0.1, -0.05) is 61.0 Å². The molecule has 0 aliphatic carbocycles. The van der Waals surface area contributed by atoms with Crippen molar-refractivity contribution in [1.29, 1.82) is 5.53 Å². The predicted octanol–water partition coefficient (Wildman–Crippen LogP) is 8.21. The molecule has 0 aromatic heterocycles. The zero-order valence-corrected chi connectivity index (χ0v) is 23.0. The molecule has 1 aromatic rings. The molecule has 0 aliphatic rings. The SMILES string of the molecule is C=CCC(/C=N/CCCCCCN(N=N)C(C)C)=C(/Sc1ccccc1C)C(C)COI. The first-order valence-corrected chi connectivity index (χ1v) is 13.1. The van der Waals surface area contributed by atoms with E-state index in [1.165, 1.54) is 20.9 Å². The highest BCUT2D eigenvalue weighted by Crippen LogP contribution is 2.37. The molecule has 5 nitrogen and oxygen atoms in total. The van der Waals surface area contributed by atoms with E-state index >= 15 is 0 Å². The van der Waals surface area contributed by atoms with Crippen molar-refractivity contribution in [2.75, 3.05) is 19.7 Å². The Kier molecular flexibility index (Phi) is 15.6. The maximum atomic E-state index is 7.22. The third kappa shape index (κ3) is 11.1. The summed E-state index contributed by atoms with van der Waals surface area (Å²) in [6.45, 7) is 14.8. The fraction of sp³-hybridized carbons (Fsp3) is 0.560. The van der Waals surface area contributed by atoms with Crippen LogP contribution in [-0.2, 0) is 3.07 Å². The average Bonchev–Trinajstić information content (AvgIpc) is 2.76. The zero-order chi connectivity index (χ0) is 23.8. The maximum Gasteiger partial charge on any atom is 0.109 e. The normalized spacial score (nSPS) is 13.3. The average molecular weight is 571 g/mol. The topological polar surface area (TPSA) is 61.0 Å². The van der Waals surface area contributed by atoms with Crippen LogP contribution in [0.1, 0.15) is 58.4 Å². The Morgan fingerprint density at radius 2 is 1.94 bits per heavy atom. The van der Waals surface area contributed by atoms with Gasteiger partial charge in [0.05, 0.1) is 6.61 Å². The van der Waals surface area contributed by atoms with E-state index in [1.54, 1.807) is 0 Å². The third-order valence-electron chi connectivity index (χ3n) is 5.15. The molecule has 1 unspecified atom stereocenters. The van der Waals surface area contributed by atoms with Gasteiger partial charge in [0.2, 0.25) is 0 Å². The summed E-state index contributed by atoms with van der Waals surface area (Å²) in [6, 6.07) is 8.79. The van der Waals surface area contributed by atoms with Crippen molar-refractivity contribution in [2.45, 2.75) is 70.7 Å². The van der Waals surface area contributed by atoms with Crippen LogP contribution in [-0.4, -0.2) is 37.0 Å². The minimum Gasteiger partial charge on any atom is -0.315 e. The van der Waals surface area contributed by atoms with Crippen molar-refractivity contribution in [3.63, 3.8) is 0 Å². The van der Waals surface area contributed by atoms with Crippen LogP contribution in [0.15, 0.2) is 62.5 Å². The number of aliphatic imine (C=N–C) groups is 1. The van der Waals surface area contributed by atoms with Gasteiger partial charge >= 0.3 is 0 Å². The minimum absolute atomic E-state index is 0.282. The number of unbranched alkanes of at least 4 members (excludes halogenated alkanes) is 3. The van der Waals surface area contributed by atoms with E-state index in [2.05, 4.69) is 63.8 Å². The quantitative estimate of drug-likeness (QED) is 0.0391. The van der Waals surface area contributed by atoms with Gasteiger partial charge in [-0.2, -0.15) is 5.53 Å². The van der Waals surface area contributed by atoms with Gasteiger partial charge in [0.25, 0.3) is 0 Å². The molecule has 0 aliphatic heterocycles. The highest BCUT2D eigenvalue weighted by Gasteiger charge is 2.16. The van der Waals surface area contributed by atoms with E-state index in [0.717, 1.165) is 45.2 Å². The van der Waals surface area contributed by atoms with Crippen molar-refractivity contribution in [3.8, 4) is 0 Å². The van der Waals surface area contributed by atoms with E-state index in [-0.39, 0.29) is 5.92 Å². The molecular formula is C25H39IN4OS. The molecule has 1 aromatic carbocycles. The van der Waals surface area contributed by atoms with Crippen molar-refractivity contribution < 1.29 is 3.07 Å². The van der Waals surface area contributed by atoms with Gasteiger partial charge in [-0.25, -0.2) is 0 Å². The van der Waals surface area contributed by atoms with Crippen molar-refractivity contribution in [3.05, 3.63) is 53.0 Å². The van der Waals surface area contributed by atoms with Crippen LogP contribution in [0.2, 0.25) is 0 Å². The summed E-state index contributed by atoms with van der Waals surface area (Å²) in [5.41, 5.74) is 9.72. The molecule has 0 radical (unpaired) electrons. The minimum atomic E-state index is 0.282. The Morgan fingerprint density at radius 1 is 1.22 bits per heavy atom. The van der Waals surface area contributed by atoms with Gasteiger partial charge in [-0.05, 0) is 62.1 Å². The zero-order valence-electron chi connectivity index (χ0n) is 20.0. The number of nitrogens with zero attached hydrogens (tertiary/aromatic N) is 3. The van der Waals surface area contributed by atoms with E-state index in [1.807, 2.05) is 52.1 Å². The lowest BCUT2D eigenvalue weighted by molar-refractivity contribution is 0.204. The van der Waals surface area contributed by atoms with E-state index < -0.39 is 0 Å². The van der Waals surface area contributed by atoms with Crippen LogP contribution in [0.5, 0.6) is 0 Å². The molecule has 0 heterocycles. The number of hydrogen-bond acceptors (Lipinski definition) is 5. The molecule has 178 valence electrons. The predicted molar refractivity (Wildman–Crippen MR) is 147 cm³/mol. The number of aryl methyl sites for hydroxylation is 1. The highest BCUT2D eigenvalue weighted by atomic mass is 127. The molecular weight excluding hydrogens is 531 g/mol. The maximum absolute atomic E-state index is 7.22. The van der Waals surface area contributed by atoms with Crippen molar-refractivity contribution in [2.24, 2.45) is 16.1 Å². The monoisotopic (exact) mass is 570 g/mol. The van der Waals surface area contributed by atoms with Crippen LogP contribution < -0.4 is 0 Å². The smallest absolute Gasteiger partial charge is 0.109 e. The largest absolute Gasteiger partial charge is 0.315 e. The molecule has 32 heavy (non-hydrogen) atoms. The Hall–Kier alpha value is -1.19. The number of benzene rings is 1. The summed E-state index contributed by atoms with van der Waals surface area (Å²) in [4.78, 5) is 7.32. The van der Waals surface area contributed by atoms with Crippen molar-refractivity contribution in [1.82, 2.24) is 5.01 Å². The van der Waals surface area contributed by atoms with Crippen LogP contribution in [0, 0.1) is 18.4 Å². The standard InChI is InChI=1S/C25H39IN4OS/c1-6-13-23(18-28-16-11-7-8-12-17-30(29-27)20(2)3)25(22(5)19-31-26)32-24-15-10-9-14-21(24)4/h6,9-10,14-15,18,20,22,27H,1,7-8,11-13,16-17,19H2,2-5H3/b25-23-,28-18+,29-27?. The summed E-state index contributed by atoms with van der Waals surface area (Å²) in [5, 5.41) is 5.42. The molecule has 0 fully saturated rings. The molecule has 0 saturated carbocycles. The number of thioether (sulfide) groups is 1. The second-order valence-corrected chi connectivity index (χ2v) is 9.94. The van der Waals surface area contributed by atoms with E-state index in [9.17, 15) is 0 Å². The summed E-state index contributed by atoms with van der Waals surface area (Å²) in [6.07, 6.45) is 9.22. The first kappa shape index (κ1) is 28.8. The molecule has 7 heteroatoms. The molecule has 0 spiro atoms. The summed E-state index contributed by atoms with van der Waals surface area (Å²) in [7, 11) is 0. The highest BCUT2D eigenvalue weighted by molar-refractivity contribution is 14.1. The first-order chi connectivity index (χ1) is 15.4. The number of rotatable bonds is 17. The van der Waals surface area contributed by atoms with Gasteiger partial charge in [0.1, 0.15) is 23.0 Å². The fourth-order valence-corrected chi connectivity index (χ4v) is 4.93. The van der Waals surface area contributed by atoms with Crippen LogP contribution in [0.25, 0.3) is 0 Å². The Balaban J connectivity index is 2.73. The summed E-state index contributed by atoms with van der Waals surface area (Å²) in [5.74, 6) is 0.282. The lowest BCUT2D eigenvalue weighted by Gasteiger charge is -2.20. The van der Waals surface area contributed by atoms with Crippen LogP contribution in [0.3, 0.4) is 0 Å².